The third kappa shape index (κ3) is 9.04. The third-order valence-electron chi connectivity index (χ3n) is 5.43. The molecule has 0 aromatic heterocycles. The Morgan fingerprint density at radius 1 is 1.19 bits per heavy atom. The van der Waals surface area contributed by atoms with Gasteiger partial charge >= 0.3 is 5.97 Å². The van der Waals surface area contributed by atoms with Gasteiger partial charge in [-0.15, -0.1) is 0 Å². The monoisotopic (exact) mass is 382 g/mol. The summed E-state index contributed by atoms with van der Waals surface area (Å²) >= 11 is 0. The first kappa shape index (κ1) is 23.9. The van der Waals surface area contributed by atoms with Crippen LogP contribution in [0.4, 0.5) is 0 Å². The Labute approximate surface area is 164 Å². The Morgan fingerprint density at radius 3 is 2.59 bits per heavy atom. The van der Waals surface area contributed by atoms with E-state index < -0.39 is 17.8 Å². The average molecular weight is 383 g/mol. The summed E-state index contributed by atoms with van der Waals surface area (Å²) in [6.07, 6.45) is 13.4. The number of carbonyl (C=O) groups excluding carboxylic acids is 1. The molecule has 0 saturated heterocycles. The molecule has 0 aliphatic heterocycles. The van der Waals surface area contributed by atoms with Crippen molar-refractivity contribution in [1.82, 2.24) is 0 Å². The fraction of sp³-hybridized carbons (Fsp3) is 0.773. The van der Waals surface area contributed by atoms with E-state index in [-0.39, 0.29) is 17.8 Å². The zero-order valence-electron chi connectivity index (χ0n) is 17.1. The van der Waals surface area contributed by atoms with Gasteiger partial charge in [0.15, 0.2) is 0 Å². The van der Waals surface area contributed by atoms with Crippen LogP contribution in [0.25, 0.3) is 0 Å². The van der Waals surface area contributed by atoms with Crippen LogP contribution in [0.1, 0.15) is 71.6 Å². The molecule has 5 nitrogen and oxygen atoms in total. The maximum atomic E-state index is 11.1. The van der Waals surface area contributed by atoms with Crippen molar-refractivity contribution >= 4 is 5.97 Å². The molecule has 0 amide bonds. The van der Waals surface area contributed by atoms with E-state index in [2.05, 4.69) is 11.7 Å². The van der Waals surface area contributed by atoms with E-state index >= 15 is 0 Å². The molecule has 156 valence electrons. The van der Waals surface area contributed by atoms with Gasteiger partial charge < -0.3 is 20.1 Å². The highest BCUT2D eigenvalue weighted by Gasteiger charge is 2.39. The largest absolute Gasteiger partial charge is 0.469 e. The summed E-state index contributed by atoms with van der Waals surface area (Å²) in [7, 11) is 1.39. The highest BCUT2D eigenvalue weighted by Crippen LogP contribution is 2.37. The molecule has 5 heteroatoms. The number of allylic oxidation sites excluding steroid dienone is 2. The lowest BCUT2D eigenvalue weighted by atomic mass is 9.88. The minimum atomic E-state index is -0.878. The number of hydrogen-bond acceptors (Lipinski definition) is 5. The number of aliphatic hydroxyl groups is 3. The van der Waals surface area contributed by atoms with Crippen LogP contribution in [-0.2, 0) is 9.53 Å². The topological polar surface area (TPSA) is 87.0 Å². The summed E-state index contributed by atoms with van der Waals surface area (Å²) in [5, 5.41) is 31.1. The molecule has 0 aromatic rings. The second-order valence-corrected chi connectivity index (χ2v) is 7.96. The normalized spacial score (nSPS) is 28.1. The van der Waals surface area contributed by atoms with Gasteiger partial charge in [-0.2, -0.15) is 0 Å². The van der Waals surface area contributed by atoms with Gasteiger partial charge in [-0.1, -0.05) is 50.5 Å². The molecule has 0 unspecified atom stereocenters. The van der Waals surface area contributed by atoms with Gasteiger partial charge in [0, 0.05) is 18.8 Å². The molecule has 0 spiro atoms. The predicted octanol–water partition coefficient (Wildman–Crippen LogP) is 3.52. The molecule has 1 aliphatic carbocycles. The molecule has 0 radical (unpaired) electrons. The van der Waals surface area contributed by atoms with Gasteiger partial charge in [-0.3, -0.25) is 4.79 Å². The number of unbranched alkanes of at least 4 members (excludes halogenated alkanes) is 3. The Kier molecular flexibility index (Phi) is 10.9. The summed E-state index contributed by atoms with van der Waals surface area (Å²) in [4.78, 5) is 11.1. The number of esters is 1. The fourth-order valence-electron chi connectivity index (χ4n) is 3.68. The van der Waals surface area contributed by atoms with E-state index in [0.29, 0.717) is 25.7 Å². The summed E-state index contributed by atoms with van der Waals surface area (Å²) in [6.45, 7) is 3.93. The SMILES string of the molecule is CCCCC[C@](C)(O)/C=C\[C@@H]1[C@@H](C/C=C/CCCC(=O)OC)[C@@H](O)C[C@H]1O. The maximum absolute atomic E-state index is 11.1. The first-order chi connectivity index (χ1) is 12.8. The third-order valence-corrected chi connectivity index (χ3v) is 5.43. The Balaban J connectivity index is 2.54. The van der Waals surface area contributed by atoms with Crippen molar-refractivity contribution in [2.75, 3.05) is 7.11 Å². The van der Waals surface area contributed by atoms with E-state index in [4.69, 9.17) is 0 Å². The first-order valence-electron chi connectivity index (χ1n) is 10.3. The number of methoxy groups -OCH3 is 1. The van der Waals surface area contributed by atoms with E-state index in [1.165, 1.54) is 7.11 Å². The average Bonchev–Trinajstić information content (AvgIpc) is 2.89. The van der Waals surface area contributed by atoms with E-state index in [9.17, 15) is 20.1 Å². The molecular weight excluding hydrogens is 344 g/mol. The van der Waals surface area contributed by atoms with Crippen LogP contribution in [0.5, 0.6) is 0 Å². The Bertz CT molecular complexity index is 483. The second-order valence-electron chi connectivity index (χ2n) is 7.96. The van der Waals surface area contributed by atoms with Crippen molar-refractivity contribution in [3.63, 3.8) is 0 Å². The summed E-state index contributed by atoms with van der Waals surface area (Å²) in [6, 6.07) is 0. The molecule has 0 aromatic carbocycles. The molecule has 0 bridgehead atoms. The lowest BCUT2D eigenvalue weighted by Crippen LogP contribution is -2.24. The van der Waals surface area contributed by atoms with Gasteiger partial charge in [0.1, 0.15) is 0 Å². The number of ether oxygens (including phenoxy) is 1. The maximum Gasteiger partial charge on any atom is 0.305 e. The number of hydrogen-bond donors (Lipinski definition) is 3. The van der Waals surface area contributed by atoms with E-state index in [1.54, 1.807) is 13.0 Å². The van der Waals surface area contributed by atoms with Crippen molar-refractivity contribution in [2.45, 2.75) is 89.4 Å². The van der Waals surface area contributed by atoms with Crippen molar-refractivity contribution in [1.29, 1.82) is 0 Å². The van der Waals surface area contributed by atoms with E-state index in [0.717, 1.165) is 32.1 Å². The number of rotatable bonds is 12. The predicted molar refractivity (Wildman–Crippen MR) is 107 cm³/mol. The van der Waals surface area contributed by atoms with Crippen LogP contribution in [-0.4, -0.2) is 46.2 Å². The highest BCUT2D eigenvalue weighted by molar-refractivity contribution is 5.69. The smallest absolute Gasteiger partial charge is 0.305 e. The number of carbonyl (C=O) groups is 1. The quantitative estimate of drug-likeness (QED) is 0.273. The summed E-state index contributed by atoms with van der Waals surface area (Å²) in [5.41, 5.74) is -0.878. The van der Waals surface area contributed by atoms with Crippen LogP contribution in [0, 0.1) is 11.8 Å². The lowest BCUT2D eigenvalue weighted by molar-refractivity contribution is -0.140. The van der Waals surface area contributed by atoms with Crippen LogP contribution < -0.4 is 0 Å². The highest BCUT2D eigenvalue weighted by atomic mass is 16.5. The van der Waals surface area contributed by atoms with E-state index in [1.807, 2.05) is 18.2 Å². The van der Waals surface area contributed by atoms with Crippen molar-refractivity contribution in [2.24, 2.45) is 11.8 Å². The van der Waals surface area contributed by atoms with Crippen molar-refractivity contribution in [3.05, 3.63) is 24.3 Å². The van der Waals surface area contributed by atoms with Crippen LogP contribution in [0.15, 0.2) is 24.3 Å². The zero-order valence-corrected chi connectivity index (χ0v) is 17.1. The van der Waals surface area contributed by atoms with Gasteiger partial charge in [-0.25, -0.2) is 0 Å². The Hall–Kier alpha value is -1.17. The molecule has 1 aliphatic rings. The zero-order chi connectivity index (χ0) is 20.3. The van der Waals surface area contributed by atoms with Crippen molar-refractivity contribution < 1.29 is 24.9 Å². The summed E-state index contributed by atoms with van der Waals surface area (Å²) < 4.78 is 4.61. The summed E-state index contributed by atoms with van der Waals surface area (Å²) in [5.74, 6) is -0.411. The molecule has 1 fully saturated rings. The van der Waals surface area contributed by atoms with Gasteiger partial charge in [0.2, 0.25) is 0 Å². The van der Waals surface area contributed by atoms with Crippen LogP contribution in [0.2, 0.25) is 0 Å². The standard InChI is InChI=1S/C22H38O5/c1-4-5-10-14-22(2,26)15-13-18-17(19(23)16-20(18)24)11-8-6-7-9-12-21(25)27-3/h6,8,13,15,17-20,23-24,26H,4-5,7,9-12,14,16H2,1-3H3/b8-6+,15-13-/t17-,18-,19+,20-,22+/m1/s1. The minimum absolute atomic E-state index is 0.0560. The van der Waals surface area contributed by atoms with Gasteiger partial charge in [0.05, 0.1) is 24.9 Å². The Morgan fingerprint density at radius 2 is 1.93 bits per heavy atom. The molecule has 1 rings (SSSR count). The van der Waals surface area contributed by atoms with Gasteiger partial charge in [0.25, 0.3) is 0 Å². The first-order valence-corrected chi connectivity index (χ1v) is 10.3. The molecule has 0 heterocycles. The molecule has 27 heavy (non-hydrogen) atoms. The second kappa shape index (κ2) is 12.3. The molecule has 5 atom stereocenters. The van der Waals surface area contributed by atoms with Gasteiger partial charge in [-0.05, 0) is 38.5 Å². The molecular formula is C22H38O5. The van der Waals surface area contributed by atoms with Crippen molar-refractivity contribution in [3.8, 4) is 0 Å². The molecule has 1 saturated carbocycles. The number of aliphatic hydroxyl groups excluding tert-OH is 2. The fourth-order valence-corrected chi connectivity index (χ4v) is 3.68. The van der Waals surface area contributed by atoms with Crippen LogP contribution >= 0.6 is 0 Å². The molecule has 3 N–H and O–H groups in total. The lowest BCUT2D eigenvalue weighted by Gasteiger charge is -2.23. The van der Waals surface area contributed by atoms with Crippen LogP contribution in [0.3, 0.4) is 0 Å². The minimum Gasteiger partial charge on any atom is -0.469 e.